The molecule has 0 saturated carbocycles. The van der Waals surface area contributed by atoms with E-state index in [4.69, 9.17) is 4.74 Å². The van der Waals surface area contributed by atoms with E-state index in [-0.39, 0.29) is 5.56 Å². The second-order valence-corrected chi connectivity index (χ2v) is 5.27. The van der Waals surface area contributed by atoms with Gasteiger partial charge >= 0.3 is 0 Å². The number of aryl methyl sites for hydroxylation is 1. The van der Waals surface area contributed by atoms with Crippen molar-refractivity contribution in [2.75, 3.05) is 7.11 Å². The lowest BCUT2D eigenvalue weighted by Gasteiger charge is -2.08. The molecular formula is C17H14N4O2. The van der Waals surface area contributed by atoms with Gasteiger partial charge in [-0.2, -0.15) is 0 Å². The van der Waals surface area contributed by atoms with E-state index in [1.54, 1.807) is 14.2 Å². The van der Waals surface area contributed by atoms with Crippen LogP contribution in [0, 0.1) is 0 Å². The van der Waals surface area contributed by atoms with Crippen molar-refractivity contribution in [1.29, 1.82) is 0 Å². The van der Waals surface area contributed by atoms with Crippen LogP contribution < -0.4 is 10.3 Å². The van der Waals surface area contributed by atoms with Gasteiger partial charge in [-0.05, 0) is 36.4 Å². The van der Waals surface area contributed by atoms with Gasteiger partial charge in [0.25, 0.3) is 5.56 Å². The molecule has 6 heteroatoms. The van der Waals surface area contributed by atoms with Gasteiger partial charge in [0, 0.05) is 12.6 Å². The fourth-order valence-corrected chi connectivity index (χ4v) is 2.76. The predicted molar refractivity (Wildman–Crippen MR) is 87.7 cm³/mol. The van der Waals surface area contributed by atoms with Crippen LogP contribution in [-0.4, -0.2) is 26.3 Å². The van der Waals surface area contributed by atoms with Crippen LogP contribution >= 0.6 is 0 Å². The van der Waals surface area contributed by atoms with Crippen molar-refractivity contribution in [3.05, 3.63) is 58.9 Å². The molecule has 0 bridgehead atoms. The Hall–Kier alpha value is -3.15. The van der Waals surface area contributed by atoms with Gasteiger partial charge in [0.05, 0.1) is 18.0 Å². The number of aromatic nitrogens is 4. The lowest BCUT2D eigenvalue weighted by Crippen LogP contribution is -2.20. The molecule has 0 atom stereocenters. The third kappa shape index (κ3) is 1.92. The quantitative estimate of drug-likeness (QED) is 0.570. The third-order valence-electron chi connectivity index (χ3n) is 3.97. The minimum absolute atomic E-state index is 0.0817. The van der Waals surface area contributed by atoms with Gasteiger partial charge in [0.2, 0.25) is 5.78 Å². The molecule has 0 radical (unpaired) electrons. The van der Waals surface area contributed by atoms with Crippen molar-refractivity contribution >= 4 is 16.7 Å². The van der Waals surface area contributed by atoms with E-state index < -0.39 is 0 Å². The maximum absolute atomic E-state index is 12.4. The van der Waals surface area contributed by atoms with Crippen LogP contribution in [0.15, 0.2) is 53.3 Å². The summed E-state index contributed by atoms with van der Waals surface area (Å²) in [6.07, 6.45) is 0. The van der Waals surface area contributed by atoms with Crippen LogP contribution in [0.4, 0.5) is 0 Å². The summed E-state index contributed by atoms with van der Waals surface area (Å²) in [6, 6.07) is 15.1. The number of rotatable bonds is 2. The van der Waals surface area contributed by atoms with Gasteiger partial charge in [-0.1, -0.05) is 12.1 Å². The Bertz CT molecular complexity index is 1080. The van der Waals surface area contributed by atoms with Gasteiger partial charge in [-0.3, -0.25) is 13.8 Å². The van der Waals surface area contributed by atoms with E-state index in [2.05, 4.69) is 10.2 Å². The number of hydrogen-bond acceptors (Lipinski definition) is 4. The Kier molecular flexibility index (Phi) is 2.90. The second kappa shape index (κ2) is 4.95. The van der Waals surface area contributed by atoms with Gasteiger partial charge in [0.15, 0.2) is 5.82 Å². The minimum Gasteiger partial charge on any atom is -0.497 e. The highest BCUT2D eigenvalue weighted by molar-refractivity contribution is 5.82. The van der Waals surface area contributed by atoms with Crippen molar-refractivity contribution in [2.45, 2.75) is 0 Å². The van der Waals surface area contributed by atoms with E-state index in [1.807, 2.05) is 52.9 Å². The topological polar surface area (TPSA) is 61.4 Å². The Morgan fingerprint density at radius 1 is 1.00 bits per heavy atom. The third-order valence-corrected chi connectivity index (χ3v) is 3.97. The normalized spacial score (nSPS) is 11.2. The molecule has 0 saturated heterocycles. The molecule has 0 aliphatic rings. The summed E-state index contributed by atoms with van der Waals surface area (Å²) < 4.78 is 8.61. The highest BCUT2D eigenvalue weighted by atomic mass is 16.5. The van der Waals surface area contributed by atoms with Crippen LogP contribution in [-0.2, 0) is 7.05 Å². The molecule has 2 aromatic heterocycles. The molecule has 4 aromatic rings. The van der Waals surface area contributed by atoms with E-state index >= 15 is 0 Å². The molecular weight excluding hydrogens is 292 g/mol. The average molecular weight is 306 g/mol. The summed E-state index contributed by atoms with van der Waals surface area (Å²) in [4.78, 5) is 12.4. The first-order valence-electron chi connectivity index (χ1n) is 7.18. The average Bonchev–Trinajstić information content (AvgIpc) is 3.05. The van der Waals surface area contributed by atoms with Crippen molar-refractivity contribution in [2.24, 2.45) is 7.05 Å². The summed E-state index contributed by atoms with van der Waals surface area (Å²) in [5.41, 5.74) is 1.62. The number of ether oxygens (including phenoxy) is 1. The minimum atomic E-state index is -0.0817. The molecule has 0 spiro atoms. The highest BCUT2D eigenvalue weighted by Crippen LogP contribution is 2.23. The van der Waals surface area contributed by atoms with Gasteiger partial charge in [0.1, 0.15) is 5.75 Å². The van der Waals surface area contributed by atoms with Crippen LogP contribution in [0.2, 0.25) is 0 Å². The summed E-state index contributed by atoms with van der Waals surface area (Å²) in [7, 11) is 3.33. The Morgan fingerprint density at radius 3 is 2.48 bits per heavy atom. The molecule has 23 heavy (non-hydrogen) atoms. The van der Waals surface area contributed by atoms with Crippen LogP contribution in [0.1, 0.15) is 0 Å². The Balaban J connectivity index is 2.10. The molecule has 2 heterocycles. The molecule has 0 unspecified atom stereocenters. The first-order valence-corrected chi connectivity index (χ1v) is 7.18. The SMILES string of the molecule is COc1ccc(-c2nnc3n(C)c(=O)c4ccccc4n23)cc1. The zero-order valence-electron chi connectivity index (χ0n) is 12.7. The zero-order chi connectivity index (χ0) is 16.0. The van der Waals surface area contributed by atoms with Crippen molar-refractivity contribution in [3.8, 4) is 17.1 Å². The van der Waals surface area contributed by atoms with Crippen LogP contribution in [0.25, 0.3) is 28.1 Å². The molecule has 4 rings (SSSR count). The number of fused-ring (bicyclic) bond motifs is 3. The summed E-state index contributed by atoms with van der Waals surface area (Å²) in [5, 5.41) is 9.11. The molecule has 2 aromatic carbocycles. The fourth-order valence-electron chi connectivity index (χ4n) is 2.76. The first kappa shape index (κ1) is 13.5. The smallest absolute Gasteiger partial charge is 0.262 e. The monoisotopic (exact) mass is 306 g/mol. The standard InChI is InChI=1S/C17H14N4O2/c1-20-16(22)13-5-3-4-6-14(13)21-15(18-19-17(20)21)11-7-9-12(23-2)10-8-11/h3-10H,1-2H3. The second-order valence-electron chi connectivity index (χ2n) is 5.27. The lowest BCUT2D eigenvalue weighted by molar-refractivity contribution is 0.415. The van der Waals surface area contributed by atoms with E-state index in [0.29, 0.717) is 17.0 Å². The summed E-state index contributed by atoms with van der Waals surface area (Å²) >= 11 is 0. The van der Waals surface area contributed by atoms with Crippen molar-refractivity contribution < 1.29 is 4.74 Å². The molecule has 114 valence electrons. The summed E-state index contributed by atoms with van der Waals surface area (Å²) in [6.45, 7) is 0. The molecule has 6 nitrogen and oxygen atoms in total. The molecule has 0 aliphatic carbocycles. The molecule has 0 amide bonds. The van der Waals surface area contributed by atoms with Crippen molar-refractivity contribution in [3.63, 3.8) is 0 Å². The van der Waals surface area contributed by atoms with E-state index in [0.717, 1.165) is 16.8 Å². The number of methoxy groups -OCH3 is 1. The molecule has 0 aliphatic heterocycles. The summed E-state index contributed by atoms with van der Waals surface area (Å²) in [5.74, 6) is 1.98. The van der Waals surface area contributed by atoms with E-state index in [9.17, 15) is 4.79 Å². The predicted octanol–water partition coefficient (Wildman–Crippen LogP) is 2.26. The van der Waals surface area contributed by atoms with Crippen LogP contribution in [0.3, 0.4) is 0 Å². The maximum Gasteiger partial charge on any atom is 0.262 e. The number of nitrogens with zero attached hydrogens (tertiary/aromatic N) is 4. The van der Waals surface area contributed by atoms with E-state index in [1.165, 1.54) is 4.57 Å². The zero-order valence-corrected chi connectivity index (χ0v) is 12.7. The number of hydrogen-bond donors (Lipinski definition) is 0. The van der Waals surface area contributed by atoms with Gasteiger partial charge < -0.3 is 4.74 Å². The fraction of sp³-hybridized carbons (Fsp3) is 0.118. The van der Waals surface area contributed by atoms with Crippen LogP contribution in [0.5, 0.6) is 5.75 Å². The molecule has 0 fully saturated rings. The highest BCUT2D eigenvalue weighted by Gasteiger charge is 2.15. The first-order chi connectivity index (χ1) is 11.2. The van der Waals surface area contributed by atoms with Gasteiger partial charge in [-0.25, -0.2) is 0 Å². The maximum atomic E-state index is 12.4. The Morgan fingerprint density at radius 2 is 1.74 bits per heavy atom. The number of benzene rings is 2. The lowest BCUT2D eigenvalue weighted by atomic mass is 10.2. The van der Waals surface area contributed by atoms with Crippen molar-refractivity contribution in [1.82, 2.24) is 19.2 Å². The molecule has 0 N–H and O–H groups in total. The number of para-hydroxylation sites is 1. The largest absolute Gasteiger partial charge is 0.497 e. The Labute approximate surface area is 131 Å². The van der Waals surface area contributed by atoms with Gasteiger partial charge in [-0.15, -0.1) is 10.2 Å².